The summed E-state index contributed by atoms with van der Waals surface area (Å²) in [5, 5.41) is 7.18. The molecule has 0 radical (unpaired) electrons. The Balaban J connectivity index is 1.57. The summed E-state index contributed by atoms with van der Waals surface area (Å²) in [6.45, 7) is 6.27. The number of pyridine rings is 1. The molecule has 0 spiro atoms. The quantitative estimate of drug-likeness (QED) is 0.396. The second-order valence-electron chi connectivity index (χ2n) is 8.79. The first-order valence-electron chi connectivity index (χ1n) is 10.5. The average molecular weight is 582 g/mol. The minimum absolute atomic E-state index is 0.184. The monoisotopic (exact) mass is 582 g/mol. The fourth-order valence-electron chi connectivity index (χ4n) is 3.64. The van der Waals surface area contributed by atoms with Crippen molar-refractivity contribution < 1.29 is 18.7 Å². The molecule has 0 aliphatic carbocycles. The van der Waals surface area contributed by atoms with Crippen molar-refractivity contribution >= 4 is 66.8 Å². The molecule has 3 aromatic rings. The molecule has 0 bridgehead atoms. The van der Waals surface area contributed by atoms with Crippen LogP contribution in [-0.4, -0.2) is 46.6 Å². The van der Waals surface area contributed by atoms with E-state index in [1.54, 1.807) is 50.1 Å². The van der Waals surface area contributed by atoms with Gasteiger partial charge in [-0.25, -0.2) is 14.2 Å². The van der Waals surface area contributed by atoms with Crippen LogP contribution in [0.15, 0.2) is 36.5 Å². The number of carbonyl (C=O) groups is 2. The van der Waals surface area contributed by atoms with E-state index in [1.807, 2.05) is 28.7 Å². The van der Waals surface area contributed by atoms with Gasteiger partial charge in [-0.05, 0) is 80.1 Å². The van der Waals surface area contributed by atoms with Gasteiger partial charge in [0.1, 0.15) is 21.2 Å². The Morgan fingerprint density at radius 1 is 1.30 bits per heavy atom. The number of amides is 2. The number of rotatable bonds is 4. The molecule has 174 valence electrons. The Bertz CT molecular complexity index is 1210. The number of thiophene rings is 1. The third-order valence-corrected chi connectivity index (χ3v) is 6.76. The Morgan fingerprint density at radius 2 is 2.09 bits per heavy atom. The zero-order chi connectivity index (χ0) is 23.8. The van der Waals surface area contributed by atoms with E-state index in [0.717, 1.165) is 3.57 Å². The molecule has 4 rings (SSSR count). The fourth-order valence-corrected chi connectivity index (χ4v) is 5.14. The van der Waals surface area contributed by atoms with Gasteiger partial charge in [-0.2, -0.15) is 0 Å². The number of ether oxygens (including phenoxy) is 1. The zero-order valence-electron chi connectivity index (χ0n) is 18.4. The van der Waals surface area contributed by atoms with Gasteiger partial charge in [0.15, 0.2) is 0 Å². The van der Waals surface area contributed by atoms with Crippen molar-refractivity contribution in [3.05, 3.63) is 51.5 Å². The van der Waals surface area contributed by atoms with Crippen LogP contribution in [0.5, 0.6) is 0 Å². The van der Waals surface area contributed by atoms with Gasteiger partial charge in [-0.3, -0.25) is 4.79 Å². The lowest BCUT2D eigenvalue weighted by Crippen LogP contribution is -2.41. The standard InChI is InChI=1S/C23H24FIN4O3S/c1-23(2,3)32-22(31)27-14-8-10-29(12-14)21(30)18-15-5-4-9-26-19(15)33-20(18)28-17-7-6-13(25)11-16(17)24/h4-7,9,11,14,28H,8,10,12H2,1-3H3,(H,27,31)/t14-/m0/s1. The molecular weight excluding hydrogens is 558 g/mol. The van der Waals surface area contributed by atoms with Crippen molar-refractivity contribution in [2.24, 2.45) is 0 Å². The molecule has 1 saturated heterocycles. The molecule has 33 heavy (non-hydrogen) atoms. The lowest BCUT2D eigenvalue weighted by atomic mass is 10.1. The topological polar surface area (TPSA) is 83.6 Å². The van der Waals surface area contributed by atoms with Crippen molar-refractivity contribution in [3.63, 3.8) is 0 Å². The van der Waals surface area contributed by atoms with E-state index >= 15 is 0 Å². The van der Waals surface area contributed by atoms with Gasteiger partial charge in [0.25, 0.3) is 5.91 Å². The number of aromatic nitrogens is 1. The number of carbonyl (C=O) groups excluding carboxylic acids is 2. The number of benzene rings is 1. The third kappa shape index (κ3) is 5.55. The van der Waals surface area contributed by atoms with Crippen LogP contribution >= 0.6 is 33.9 Å². The van der Waals surface area contributed by atoms with Crippen molar-refractivity contribution in [2.45, 2.75) is 38.8 Å². The van der Waals surface area contributed by atoms with Crippen molar-refractivity contribution in [2.75, 3.05) is 18.4 Å². The number of likely N-dealkylation sites (tertiary alicyclic amines) is 1. The first kappa shape index (κ1) is 23.7. The molecule has 1 aromatic carbocycles. The van der Waals surface area contributed by atoms with Crippen LogP contribution < -0.4 is 10.6 Å². The number of alkyl carbamates (subject to hydrolysis) is 1. The van der Waals surface area contributed by atoms with Gasteiger partial charge in [0, 0.05) is 28.2 Å². The summed E-state index contributed by atoms with van der Waals surface area (Å²) in [7, 11) is 0. The van der Waals surface area contributed by atoms with Gasteiger partial charge in [-0.15, -0.1) is 0 Å². The maximum absolute atomic E-state index is 14.5. The smallest absolute Gasteiger partial charge is 0.407 e. The van der Waals surface area contributed by atoms with Gasteiger partial charge in [-0.1, -0.05) is 11.3 Å². The Hall–Kier alpha value is -2.47. The third-order valence-electron chi connectivity index (χ3n) is 5.06. The zero-order valence-corrected chi connectivity index (χ0v) is 21.4. The Morgan fingerprint density at radius 3 is 2.82 bits per heavy atom. The molecule has 7 nitrogen and oxygen atoms in total. The maximum Gasteiger partial charge on any atom is 0.407 e. The second-order valence-corrected chi connectivity index (χ2v) is 11.0. The lowest BCUT2D eigenvalue weighted by molar-refractivity contribution is 0.0502. The number of nitrogens with zero attached hydrogens (tertiary/aromatic N) is 2. The highest BCUT2D eigenvalue weighted by Gasteiger charge is 2.32. The van der Waals surface area contributed by atoms with Crippen LogP contribution in [0.1, 0.15) is 37.6 Å². The number of halogens is 2. The predicted octanol–water partition coefficient (Wildman–Crippen LogP) is 5.52. The normalized spacial score (nSPS) is 16.2. The van der Waals surface area contributed by atoms with Gasteiger partial charge >= 0.3 is 6.09 Å². The molecule has 1 fully saturated rings. The number of nitrogens with one attached hydrogen (secondary N) is 2. The van der Waals surface area contributed by atoms with E-state index in [2.05, 4.69) is 15.6 Å². The first-order valence-corrected chi connectivity index (χ1v) is 12.4. The molecule has 2 N–H and O–H groups in total. The van der Waals surface area contributed by atoms with Gasteiger partial charge in [0.2, 0.25) is 0 Å². The van der Waals surface area contributed by atoms with Gasteiger partial charge < -0.3 is 20.3 Å². The lowest BCUT2D eigenvalue weighted by Gasteiger charge is -2.22. The molecular formula is C23H24FIN4O3S. The molecule has 1 aliphatic rings. The van der Waals surface area contributed by atoms with Crippen LogP contribution in [0.4, 0.5) is 19.9 Å². The van der Waals surface area contributed by atoms with Crippen molar-refractivity contribution in [1.82, 2.24) is 15.2 Å². The summed E-state index contributed by atoms with van der Waals surface area (Å²) in [6.07, 6.45) is 1.79. The molecule has 0 saturated carbocycles. The summed E-state index contributed by atoms with van der Waals surface area (Å²) < 4.78 is 20.6. The van der Waals surface area contributed by atoms with E-state index in [1.165, 1.54) is 17.4 Å². The van der Waals surface area contributed by atoms with Crippen LogP contribution in [0.25, 0.3) is 10.2 Å². The van der Waals surface area contributed by atoms with E-state index in [-0.39, 0.29) is 11.9 Å². The molecule has 0 unspecified atom stereocenters. The summed E-state index contributed by atoms with van der Waals surface area (Å²) in [5.74, 6) is -0.579. The SMILES string of the molecule is CC(C)(C)OC(=O)N[C@H]1CCN(C(=O)c2c(Nc3ccc(I)cc3F)sc3ncccc23)C1. The van der Waals surface area contributed by atoms with Crippen LogP contribution in [0.2, 0.25) is 0 Å². The molecule has 2 aromatic heterocycles. The predicted molar refractivity (Wildman–Crippen MR) is 136 cm³/mol. The summed E-state index contributed by atoms with van der Waals surface area (Å²) in [4.78, 5) is 32.4. The Labute approximate surface area is 208 Å². The van der Waals surface area contributed by atoms with Crippen LogP contribution in [-0.2, 0) is 4.74 Å². The molecule has 3 heterocycles. The summed E-state index contributed by atoms with van der Waals surface area (Å²) in [5.41, 5.74) is 0.160. The largest absolute Gasteiger partial charge is 0.444 e. The van der Waals surface area contributed by atoms with Gasteiger partial charge in [0.05, 0.1) is 17.3 Å². The number of hydrogen-bond acceptors (Lipinski definition) is 6. The molecule has 2 amide bonds. The summed E-state index contributed by atoms with van der Waals surface area (Å²) >= 11 is 3.36. The number of anilines is 2. The minimum atomic E-state index is -0.591. The van der Waals surface area contributed by atoms with Crippen molar-refractivity contribution in [1.29, 1.82) is 0 Å². The fraction of sp³-hybridized carbons (Fsp3) is 0.348. The highest BCUT2D eigenvalue weighted by atomic mass is 127. The van der Waals surface area contributed by atoms with E-state index < -0.39 is 17.5 Å². The highest BCUT2D eigenvalue weighted by Crippen LogP contribution is 2.38. The average Bonchev–Trinajstić information content (AvgIpc) is 3.32. The Kier molecular flexibility index (Phi) is 6.76. The second kappa shape index (κ2) is 9.41. The highest BCUT2D eigenvalue weighted by molar-refractivity contribution is 14.1. The minimum Gasteiger partial charge on any atom is -0.444 e. The molecule has 10 heteroatoms. The first-order chi connectivity index (χ1) is 15.6. The van der Waals surface area contributed by atoms with Crippen LogP contribution in [0.3, 0.4) is 0 Å². The van der Waals surface area contributed by atoms with E-state index in [4.69, 9.17) is 4.74 Å². The van der Waals surface area contributed by atoms with E-state index in [0.29, 0.717) is 46.0 Å². The van der Waals surface area contributed by atoms with Crippen molar-refractivity contribution in [3.8, 4) is 0 Å². The number of hydrogen-bond donors (Lipinski definition) is 2. The summed E-state index contributed by atoms with van der Waals surface area (Å²) in [6, 6.07) is 8.30. The van der Waals surface area contributed by atoms with Crippen LogP contribution in [0, 0.1) is 9.39 Å². The number of fused-ring (bicyclic) bond motifs is 1. The molecule has 1 atom stereocenters. The van der Waals surface area contributed by atoms with E-state index in [9.17, 15) is 14.0 Å². The molecule has 1 aliphatic heterocycles. The maximum atomic E-state index is 14.5.